The van der Waals surface area contributed by atoms with Crippen LogP contribution in [0.3, 0.4) is 0 Å². The maximum atomic E-state index is 12.6. The lowest BCUT2D eigenvalue weighted by Gasteiger charge is -2.28. The van der Waals surface area contributed by atoms with E-state index in [1.807, 2.05) is 50.2 Å². The van der Waals surface area contributed by atoms with Crippen molar-refractivity contribution in [2.24, 2.45) is 5.92 Å². The molecule has 0 unspecified atom stereocenters. The van der Waals surface area contributed by atoms with Crippen LogP contribution in [0.4, 0.5) is 5.69 Å². The molecule has 3 aromatic rings. The third kappa shape index (κ3) is 4.37. The zero-order valence-corrected chi connectivity index (χ0v) is 17.4. The van der Waals surface area contributed by atoms with E-state index in [0.29, 0.717) is 22.5 Å². The Balaban J connectivity index is 1.35. The van der Waals surface area contributed by atoms with E-state index in [-0.39, 0.29) is 29.5 Å². The van der Waals surface area contributed by atoms with Crippen molar-refractivity contribution in [3.8, 4) is 0 Å². The Kier molecular flexibility index (Phi) is 5.84. The van der Waals surface area contributed by atoms with Gasteiger partial charge in [-0.25, -0.2) is 0 Å². The maximum absolute atomic E-state index is 12.6. The standard InChI is InChI=1S/C24H27N3O3/c1-15(2)25-23(28)18-9-7-16(8-10-18)17-11-13-19(14-12-17)26-24(29)22-20-5-3-4-6-21(20)27-30-22/h3-6,11-16,18H,7-10H2,1-2H3,(H,25,28)(H,26,29). The van der Waals surface area contributed by atoms with Crippen LogP contribution in [0.25, 0.3) is 10.9 Å². The molecule has 30 heavy (non-hydrogen) atoms. The maximum Gasteiger partial charge on any atom is 0.294 e. The smallest absolute Gasteiger partial charge is 0.294 e. The molecule has 2 N–H and O–H groups in total. The monoisotopic (exact) mass is 405 g/mol. The van der Waals surface area contributed by atoms with Gasteiger partial charge in [-0.3, -0.25) is 9.59 Å². The van der Waals surface area contributed by atoms with Crippen LogP contribution in [0, 0.1) is 5.92 Å². The molecule has 1 saturated carbocycles. The average molecular weight is 405 g/mol. The quantitative estimate of drug-likeness (QED) is 0.634. The fourth-order valence-electron chi connectivity index (χ4n) is 4.17. The molecule has 1 aliphatic carbocycles. The molecule has 2 amide bonds. The van der Waals surface area contributed by atoms with E-state index in [2.05, 4.69) is 27.9 Å². The van der Waals surface area contributed by atoms with Gasteiger partial charge in [-0.2, -0.15) is 0 Å². The first-order chi connectivity index (χ1) is 14.5. The summed E-state index contributed by atoms with van der Waals surface area (Å²) in [6, 6.07) is 15.5. The molecule has 6 heteroatoms. The topological polar surface area (TPSA) is 84.2 Å². The second kappa shape index (κ2) is 8.69. The van der Waals surface area contributed by atoms with Crippen LogP contribution in [0.15, 0.2) is 53.1 Å². The largest absolute Gasteiger partial charge is 0.354 e. The van der Waals surface area contributed by atoms with Gasteiger partial charge in [-0.05, 0) is 75.3 Å². The number of carbonyl (C=O) groups is 2. The van der Waals surface area contributed by atoms with E-state index in [4.69, 9.17) is 4.52 Å². The molecule has 1 aliphatic rings. The summed E-state index contributed by atoms with van der Waals surface area (Å²) in [5, 5.41) is 10.5. The molecule has 156 valence electrons. The van der Waals surface area contributed by atoms with E-state index >= 15 is 0 Å². The summed E-state index contributed by atoms with van der Waals surface area (Å²) in [5.41, 5.74) is 2.63. The Bertz CT molecular complexity index is 1030. The lowest BCUT2D eigenvalue weighted by molar-refractivity contribution is -0.126. The fraction of sp³-hybridized carbons (Fsp3) is 0.375. The van der Waals surface area contributed by atoms with Gasteiger partial charge in [0.2, 0.25) is 11.7 Å². The van der Waals surface area contributed by atoms with Gasteiger partial charge in [-0.1, -0.05) is 29.4 Å². The number of nitrogens with zero attached hydrogens (tertiary/aromatic N) is 1. The number of rotatable bonds is 5. The van der Waals surface area contributed by atoms with Gasteiger partial charge in [0.1, 0.15) is 5.52 Å². The zero-order valence-electron chi connectivity index (χ0n) is 17.4. The van der Waals surface area contributed by atoms with Gasteiger partial charge in [0.05, 0.1) is 5.39 Å². The van der Waals surface area contributed by atoms with Gasteiger partial charge in [0, 0.05) is 17.6 Å². The highest BCUT2D eigenvalue weighted by Crippen LogP contribution is 2.36. The number of aromatic nitrogens is 1. The van der Waals surface area contributed by atoms with Gasteiger partial charge >= 0.3 is 0 Å². The van der Waals surface area contributed by atoms with E-state index < -0.39 is 0 Å². The molecule has 1 aromatic heterocycles. The van der Waals surface area contributed by atoms with Crippen LogP contribution in [0.2, 0.25) is 0 Å². The van der Waals surface area contributed by atoms with Gasteiger partial charge in [-0.15, -0.1) is 0 Å². The van der Waals surface area contributed by atoms with Gasteiger partial charge in [0.15, 0.2) is 0 Å². The Labute approximate surface area is 176 Å². The third-order valence-electron chi connectivity index (χ3n) is 5.76. The highest BCUT2D eigenvalue weighted by atomic mass is 16.5. The summed E-state index contributed by atoms with van der Waals surface area (Å²) in [5.74, 6) is 0.664. The van der Waals surface area contributed by atoms with Crippen LogP contribution < -0.4 is 10.6 Å². The highest BCUT2D eigenvalue weighted by Gasteiger charge is 2.27. The molecule has 0 bridgehead atoms. The predicted octanol–water partition coefficient (Wildman–Crippen LogP) is 4.88. The molecule has 0 saturated heterocycles. The first kappa shape index (κ1) is 20.1. The second-order valence-corrected chi connectivity index (χ2v) is 8.32. The van der Waals surface area contributed by atoms with Crippen molar-refractivity contribution in [3.05, 3.63) is 59.9 Å². The third-order valence-corrected chi connectivity index (χ3v) is 5.76. The summed E-state index contributed by atoms with van der Waals surface area (Å²) in [6.07, 6.45) is 3.85. The van der Waals surface area contributed by atoms with Gasteiger partial charge < -0.3 is 15.2 Å². The second-order valence-electron chi connectivity index (χ2n) is 8.32. The minimum Gasteiger partial charge on any atom is -0.354 e. The Morgan fingerprint density at radius 2 is 1.70 bits per heavy atom. The summed E-state index contributed by atoms with van der Waals surface area (Å²) in [7, 11) is 0. The first-order valence-electron chi connectivity index (χ1n) is 10.6. The van der Waals surface area contributed by atoms with E-state index in [0.717, 1.165) is 25.7 Å². The van der Waals surface area contributed by atoms with Crippen molar-refractivity contribution in [2.45, 2.75) is 51.5 Å². The summed E-state index contributed by atoms with van der Waals surface area (Å²) in [6.45, 7) is 3.99. The van der Waals surface area contributed by atoms with E-state index in [1.54, 1.807) is 0 Å². The number of benzene rings is 2. The highest BCUT2D eigenvalue weighted by molar-refractivity contribution is 6.10. The van der Waals surface area contributed by atoms with Crippen molar-refractivity contribution in [2.75, 3.05) is 5.32 Å². The number of hydrogen-bond donors (Lipinski definition) is 2. The molecule has 6 nitrogen and oxygen atoms in total. The predicted molar refractivity (Wildman–Crippen MR) is 116 cm³/mol. The van der Waals surface area contributed by atoms with E-state index in [1.165, 1.54) is 5.56 Å². The van der Waals surface area contributed by atoms with Gasteiger partial charge in [0.25, 0.3) is 5.91 Å². The normalized spacial score (nSPS) is 19.0. The van der Waals surface area contributed by atoms with Crippen molar-refractivity contribution in [1.82, 2.24) is 10.5 Å². The molecule has 0 radical (unpaired) electrons. The summed E-state index contributed by atoms with van der Waals surface area (Å²) in [4.78, 5) is 24.8. The molecule has 2 aromatic carbocycles. The van der Waals surface area contributed by atoms with Crippen molar-refractivity contribution >= 4 is 28.4 Å². The van der Waals surface area contributed by atoms with Crippen molar-refractivity contribution < 1.29 is 14.1 Å². The summed E-state index contributed by atoms with van der Waals surface area (Å²) >= 11 is 0. The molecule has 0 spiro atoms. The average Bonchev–Trinajstić information content (AvgIpc) is 3.18. The van der Waals surface area contributed by atoms with Crippen LogP contribution in [-0.4, -0.2) is 23.0 Å². The summed E-state index contributed by atoms with van der Waals surface area (Å²) < 4.78 is 5.23. The molecule has 1 fully saturated rings. The number of carbonyl (C=O) groups excluding carboxylic acids is 2. The molecule has 0 aliphatic heterocycles. The molecule has 1 heterocycles. The fourth-order valence-corrected chi connectivity index (χ4v) is 4.17. The Morgan fingerprint density at radius 3 is 2.40 bits per heavy atom. The molecular weight excluding hydrogens is 378 g/mol. The van der Waals surface area contributed by atoms with Crippen molar-refractivity contribution in [1.29, 1.82) is 0 Å². The zero-order chi connectivity index (χ0) is 21.1. The molecule has 4 rings (SSSR count). The Morgan fingerprint density at radius 1 is 1.00 bits per heavy atom. The number of amides is 2. The first-order valence-corrected chi connectivity index (χ1v) is 10.6. The van der Waals surface area contributed by atoms with Crippen LogP contribution in [-0.2, 0) is 4.79 Å². The molecular formula is C24H27N3O3. The van der Waals surface area contributed by atoms with E-state index in [9.17, 15) is 9.59 Å². The van der Waals surface area contributed by atoms with Crippen molar-refractivity contribution in [3.63, 3.8) is 0 Å². The SMILES string of the molecule is CC(C)NC(=O)C1CCC(c2ccc(NC(=O)c3onc4ccccc34)cc2)CC1. The Hall–Kier alpha value is -3.15. The minimum atomic E-state index is -0.312. The molecule has 0 atom stereocenters. The lowest BCUT2D eigenvalue weighted by Crippen LogP contribution is -2.37. The van der Waals surface area contributed by atoms with Crippen LogP contribution in [0.1, 0.15) is 61.6 Å². The minimum absolute atomic E-state index is 0.124. The number of nitrogens with one attached hydrogen (secondary N) is 2. The number of anilines is 1. The van der Waals surface area contributed by atoms with Crippen LogP contribution in [0.5, 0.6) is 0 Å². The lowest BCUT2D eigenvalue weighted by atomic mass is 9.78. The number of fused-ring (bicyclic) bond motifs is 1. The van der Waals surface area contributed by atoms with Crippen LogP contribution >= 0.6 is 0 Å². The number of hydrogen-bond acceptors (Lipinski definition) is 4.